The Hall–Kier alpha value is -2.64. The smallest absolute Gasteiger partial charge is 0.201 e. The van der Waals surface area contributed by atoms with Crippen molar-refractivity contribution in [2.75, 3.05) is 13.1 Å². The molecular formula is C31H38N2O5. The van der Waals surface area contributed by atoms with Gasteiger partial charge in [-0.3, -0.25) is 9.47 Å². The van der Waals surface area contributed by atoms with Gasteiger partial charge in [0.25, 0.3) is 0 Å². The average Bonchev–Trinajstić information content (AvgIpc) is 3.59. The van der Waals surface area contributed by atoms with Gasteiger partial charge in [0.15, 0.2) is 17.4 Å². The third kappa shape index (κ3) is 2.98. The molecule has 1 aromatic carbocycles. The minimum Gasteiger partial charge on any atom is -0.504 e. The molecule has 2 aliphatic heterocycles. The van der Waals surface area contributed by atoms with Crippen LogP contribution in [0.25, 0.3) is 6.08 Å². The monoisotopic (exact) mass is 518 g/mol. The molecule has 4 aliphatic carbocycles. The van der Waals surface area contributed by atoms with Gasteiger partial charge in [-0.1, -0.05) is 24.1 Å². The summed E-state index contributed by atoms with van der Waals surface area (Å²) >= 11 is 0. The van der Waals surface area contributed by atoms with Crippen LogP contribution < -0.4 is 4.74 Å². The lowest BCUT2D eigenvalue weighted by Crippen LogP contribution is -2.76. The van der Waals surface area contributed by atoms with Gasteiger partial charge in [-0.05, 0) is 88.3 Å². The lowest BCUT2D eigenvalue weighted by Gasteiger charge is -2.64. The van der Waals surface area contributed by atoms with E-state index in [0.29, 0.717) is 24.2 Å². The molecule has 4 fully saturated rings. The number of nitrogens with zero attached hydrogens (tertiary/aromatic N) is 2. The minimum absolute atomic E-state index is 0.00495. The quantitative estimate of drug-likeness (QED) is 0.466. The first-order valence-corrected chi connectivity index (χ1v) is 14.7. The van der Waals surface area contributed by atoms with E-state index < -0.39 is 17.1 Å². The molecule has 5 atom stereocenters. The number of benzene rings is 1. The second-order valence-corrected chi connectivity index (χ2v) is 12.9. The van der Waals surface area contributed by atoms with Crippen LogP contribution in [-0.4, -0.2) is 60.7 Å². The molecule has 3 heterocycles. The third-order valence-electron chi connectivity index (χ3n) is 10.9. The second kappa shape index (κ2) is 7.95. The Kier molecular flexibility index (Phi) is 4.87. The van der Waals surface area contributed by atoms with Crippen LogP contribution in [0.15, 0.2) is 23.8 Å². The Morgan fingerprint density at radius 2 is 1.84 bits per heavy atom. The van der Waals surface area contributed by atoms with Crippen LogP contribution in [0.1, 0.15) is 86.9 Å². The molecule has 0 unspecified atom stereocenters. The maximum absolute atomic E-state index is 12.7. The second-order valence-electron chi connectivity index (χ2n) is 12.9. The summed E-state index contributed by atoms with van der Waals surface area (Å²) in [6.45, 7) is 1.92. The van der Waals surface area contributed by atoms with E-state index in [4.69, 9.17) is 4.74 Å². The van der Waals surface area contributed by atoms with E-state index in [1.807, 2.05) is 12.1 Å². The number of phenols is 1. The lowest BCUT2D eigenvalue weighted by atomic mass is 9.48. The van der Waals surface area contributed by atoms with Gasteiger partial charge >= 0.3 is 0 Å². The predicted octanol–water partition coefficient (Wildman–Crippen LogP) is 4.76. The molecule has 7 nitrogen and oxygen atoms in total. The van der Waals surface area contributed by atoms with E-state index >= 15 is 0 Å². The van der Waals surface area contributed by atoms with Gasteiger partial charge in [-0.2, -0.15) is 0 Å². The highest BCUT2D eigenvalue weighted by atomic mass is 16.5. The molecule has 6 aliphatic rings. The number of ether oxygens (including phenoxy) is 1. The highest BCUT2D eigenvalue weighted by molar-refractivity contribution is 5.64. The number of aromatic nitrogens is 1. The SMILES string of the molecule is Oc1ccc2c3c1O[C@H]1[C@H](n4c(O)cc(C=C5CCCCC5)c4O)CC[C@@]4(O)[C@@H](C2)N(CC2CC2)CC[C@]314. The summed E-state index contributed by atoms with van der Waals surface area (Å²) in [7, 11) is 0. The Balaban J connectivity index is 1.24. The summed E-state index contributed by atoms with van der Waals surface area (Å²) in [5, 5.41) is 46.2. The van der Waals surface area contributed by atoms with Gasteiger partial charge in [0.05, 0.1) is 17.1 Å². The molecular weight excluding hydrogens is 480 g/mol. The van der Waals surface area contributed by atoms with Gasteiger partial charge in [0, 0.05) is 29.8 Å². The van der Waals surface area contributed by atoms with Crippen LogP contribution in [0.4, 0.5) is 0 Å². The number of likely N-dealkylation sites (tertiary alicyclic amines) is 1. The first-order chi connectivity index (χ1) is 18.4. The molecule has 0 radical (unpaired) electrons. The van der Waals surface area contributed by atoms with Crippen molar-refractivity contribution in [2.24, 2.45) is 5.92 Å². The van der Waals surface area contributed by atoms with E-state index in [0.717, 1.165) is 55.8 Å². The number of rotatable bonds is 4. The highest BCUT2D eigenvalue weighted by Crippen LogP contribution is 2.67. The fraction of sp³-hybridized carbons (Fsp3) is 0.613. The van der Waals surface area contributed by atoms with Crippen molar-refractivity contribution in [1.82, 2.24) is 9.47 Å². The Labute approximate surface area is 223 Å². The maximum Gasteiger partial charge on any atom is 0.201 e. The minimum atomic E-state index is -0.987. The van der Waals surface area contributed by atoms with Crippen LogP contribution in [0.3, 0.4) is 0 Å². The molecule has 1 spiro atoms. The number of hydrogen-bond donors (Lipinski definition) is 4. The van der Waals surface area contributed by atoms with E-state index in [9.17, 15) is 20.4 Å². The Morgan fingerprint density at radius 3 is 2.63 bits per heavy atom. The summed E-state index contributed by atoms with van der Waals surface area (Å²) in [5.74, 6) is 1.43. The molecule has 1 saturated heterocycles. The number of piperidine rings is 1. The first-order valence-electron chi connectivity index (χ1n) is 14.7. The van der Waals surface area contributed by atoms with E-state index in [2.05, 4.69) is 4.90 Å². The van der Waals surface area contributed by atoms with Crippen molar-refractivity contribution in [3.8, 4) is 23.3 Å². The van der Waals surface area contributed by atoms with Gasteiger partial charge in [-0.25, -0.2) is 0 Å². The van der Waals surface area contributed by atoms with Gasteiger partial charge in [-0.15, -0.1) is 0 Å². The molecule has 7 heteroatoms. The van der Waals surface area contributed by atoms with Crippen molar-refractivity contribution in [1.29, 1.82) is 0 Å². The standard InChI is InChI=1S/C31H38N2O5/c34-23-9-8-20-15-24-31(37)11-10-22(33-25(35)16-21(29(33)36)14-18-4-2-1-3-5-18)28-30(31,26(20)27(23)38-28)12-13-32(24)17-19-6-7-19/h8-9,14,16,19,22,24,28,34-37H,1-7,10-13,15,17H2/t22-,24-,28+,30+,31-/m1/s1. The van der Waals surface area contributed by atoms with Crippen molar-refractivity contribution >= 4 is 6.08 Å². The summed E-state index contributed by atoms with van der Waals surface area (Å²) in [6, 6.07) is 5.05. The van der Waals surface area contributed by atoms with Crippen molar-refractivity contribution in [2.45, 2.75) is 99.8 Å². The number of hydrogen-bond acceptors (Lipinski definition) is 6. The summed E-state index contributed by atoms with van der Waals surface area (Å²) in [6.07, 6.45) is 12.4. The zero-order chi connectivity index (χ0) is 25.8. The zero-order valence-electron chi connectivity index (χ0n) is 21.9. The van der Waals surface area contributed by atoms with Gasteiger partial charge < -0.3 is 25.2 Å². The molecule has 2 aromatic rings. The fourth-order valence-corrected chi connectivity index (χ4v) is 9.04. The number of phenolic OH excluding ortho intramolecular Hbond substituents is 1. The van der Waals surface area contributed by atoms with E-state index in [1.165, 1.54) is 37.7 Å². The van der Waals surface area contributed by atoms with Crippen molar-refractivity contribution in [3.63, 3.8) is 0 Å². The average molecular weight is 519 g/mol. The summed E-state index contributed by atoms with van der Waals surface area (Å²) in [4.78, 5) is 2.52. The summed E-state index contributed by atoms with van der Waals surface area (Å²) < 4.78 is 8.29. The maximum atomic E-state index is 12.7. The van der Waals surface area contributed by atoms with Crippen LogP contribution in [-0.2, 0) is 11.8 Å². The lowest BCUT2D eigenvalue weighted by molar-refractivity contribution is -0.196. The molecule has 4 N–H and O–H groups in total. The Morgan fingerprint density at radius 1 is 1.03 bits per heavy atom. The van der Waals surface area contributed by atoms with Crippen molar-refractivity contribution < 1.29 is 25.2 Å². The normalized spacial score (nSPS) is 35.6. The number of allylic oxidation sites excluding steroid dienone is 1. The molecule has 8 rings (SSSR count). The predicted molar refractivity (Wildman–Crippen MR) is 143 cm³/mol. The van der Waals surface area contributed by atoms with Crippen LogP contribution in [0.2, 0.25) is 0 Å². The Bertz CT molecular complexity index is 1340. The van der Waals surface area contributed by atoms with Gasteiger partial charge in [0.2, 0.25) is 5.88 Å². The molecule has 1 aromatic heterocycles. The van der Waals surface area contributed by atoms with E-state index in [-0.39, 0.29) is 29.6 Å². The van der Waals surface area contributed by atoms with Crippen LogP contribution in [0.5, 0.6) is 23.3 Å². The summed E-state index contributed by atoms with van der Waals surface area (Å²) in [5.41, 5.74) is 2.41. The highest BCUT2D eigenvalue weighted by Gasteiger charge is 2.73. The molecule has 2 bridgehead atoms. The molecule has 3 saturated carbocycles. The van der Waals surface area contributed by atoms with Gasteiger partial charge in [0.1, 0.15) is 6.10 Å². The van der Waals surface area contributed by atoms with Crippen LogP contribution in [0, 0.1) is 5.92 Å². The first kappa shape index (κ1) is 23.3. The number of aromatic hydroxyl groups is 3. The molecule has 0 amide bonds. The van der Waals surface area contributed by atoms with Crippen LogP contribution >= 0.6 is 0 Å². The third-order valence-corrected chi connectivity index (χ3v) is 10.9. The largest absolute Gasteiger partial charge is 0.504 e. The zero-order valence-corrected chi connectivity index (χ0v) is 21.9. The number of aliphatic hydroxyl groups is 1. The van der Waals surface area contributed by atoms with Crippen molar-refractivity contribution in [3.05, 3.63) is 40.5 Å². The molecule has 202 valence electrons. The van der Waals surface area contributed by atoms with E-state index in [1.54, 1.807) is 16.7 Å². The topological polar surface area (TPSA) is 98.3 Å². The molecule has 38 heavy (non-hydrogen) atoms. The fourth-order valence-electron chi connectivity index (χ4n) is 9.04.